The zero-order chi connectivity index (χ0) is 17.4. The van der Waals surface area contributed by atoms with Gasteiger partial charge in [-0.3, -0.25) is 9.78 Å². The first kappa shape index (κ1) is 17.9. The predicted octanol–water partition coefficient (Wildman–Crippen LogP) is 3.71. The fraction of sp³-hybridized carbons (Fsp3) is 0.368. The fourth-order valence-corrected chi connectivity index (χ4v) is 2.41. The lowest BCUT2D eigenvalue weighted by molar-refractivity contribution is 0.0943. The Morgan fingerprint density at radius 3 is 2.79 bits per heavy atom. The summed E-state index contributed by atoms with van der Waals surface area (Å²) in [5, 5.41) is 6.23. The van der Waals surface area contributed by atoms with Crippen LogP contribution in [0.4, 0.5) is 11.4 Å². The number of pyridine rings is 1. The maximum atomic E-state index is 12.1. The number of rotatable bonds is 8. The maximum Gasteiger partial charge on any atom is 0.269 e. The third kappa shape index (κ3) is 5.06. The van der Waals surface area contributed by atoms with Gasteiger partial charge in [-0.2, -0.15) is 0 Å². The van der Waals surface area contributed by atoms with Crippen LogP contribution in [0, 0.1) is 0 Å². The number of amides is 1. The van der Waals surface area contributed by atoms with Crippen LogP contribution in [0.2, 0.25) is 0 Å². The highest BCUT2D eigenvalue weighted by Crippen LogP contribution is 2.26. The largest absolute Gasteiger partial charge is 0.385 e. The van der Waals surface area contributed by atoms with Crippen LogP contribution < -0.4 is 10.6 Å². The molecule has 1 amide bonds. The zero-order valence-electron chi connectivity index (χ0n) is 14.5. The molecule has 5 nitrogen and oxygen atoms in total. The number of benzene rings is 1. The summed E-state index contributed by atoms with van der Waals surface area (Å²) in [5.41, 5.74) is 3.53. The fourth-order valence-electron chi connectivity index (χ4n) is 2.41. The molecule has 0 aliphatic carbocycles. The summed E-state index contributed by atoms with van der Waals surface area (Å²) in [5.74, 6) is 0.242. The lowest BCUT2D eigenvalue weighted by Gasteiger charge is -2.15. The van der Waals surface area contributed by atoms with E-state index in [0.717, 1.165) is 17.8 Å². The number of anilines is 2. The van der Waals surface area contributed by atoms with Crippen molar-refractivity contribution in [1.29, 1.82) is 0 Å². The molecule has 0 saturated carbocycles. The van der Waals surface area contributed by atoms with E-state index in [-0.39, 0.29) is 5.91 Å². The molecule has 0 unspecified atom stereocenters. The van der Waals surface area contributed by atoms with Gasteiger partial charge in [-0.05, 0) is 36.1 Å². The van der Waals surface area contributed by atoms with Crippen molar-refractivity contribution in [2.45, 2.75) is 26.2 Å². The Balaban J connectivity index is 2.07. The van der Waals surface area contributed by atoms with E-state index >= 15 is 0 Å². The summed E-state index contributed by atoms with van der Waals surface area (Å²) < 4.78 is 4.97. The second-order valence-electron chi connectivity index (χ2n) is 5.90. The van der Waals surface area contributed by atoms with E-state index in [9.17, 15) is 4.79 Å². The molecule has 2 aromatic rings. The van der Waals surface area contributed by atoms with Crippen LogP contribution in [-0.2, 0) is 4.74 Å². The van der Waals surface area contributed by atoms with Gasteiger partial charge >= 0.3 is 0 Å². The number of methoxy groups -OCH3 is 1. The van der Waals surface area contributed by atoms with Crippen LogP contribution in [0.3, 0.4) is 0 Å². The number of nitrogens with one attached hydrogen (secondary N) is 2. The smallest absolute Gasteiger partial charge is 0.269 e. The molecular formula is C19H25N3O2. The van der Waals surface area contributed by atoms with Crippen molar-refractivity contribution in [2.24, 2.45) is 0 Å². The van der Waals surface area contributed by atoms with E-state index in [4.69, 9.17) is 4.74 Å². The number of carbonyl (C=O) groups is 1. The van der Waals surface area contributed by atoms with Crippen molar-refractivity contribution >= 4 is 17.3 Å². The third-order valence-corrected chi connectivity index (χ3v) is 3.67. The van der Waals surface area contributed by atoms with Gasteiger partial charge in [-0.15, -0.1) is 0 Å². The van der Waals surface area contributed by atoms with E-state index in [2.05, 4.69) is 35.5 Å². The summed E-state index contributed by atoms with van der Waals surface area (Å²) in [7, 11) is 1.65. The molecule has 0 radical (unpaired) electrons. The number of para-hydroxylation sites is 1. The molecule has 0 atom stereocenters. The molecule has 2 N–H and O–H groups in total. The van der Waals surface area contributed by atoms with Crippen molar-refractivity contribution in [3.63, 3.8) is 0 Å². The van der Waals surface area contributed by atoms with Gasteiger partial charge < -0.3 is 15.4 Å². The Labute approximate surface area is 143 Å². The molecule has 0 saturated heterocycles. The topological polar surface area (TPSA) is 63.2 Å². The standard InChI is InChI=1S/C19H25N3O2/c1-14(2)16-7-4-5-8-17(16)22-15-9-11-20-18(13-15)19(23)21-10-6-12-24-3/h4-5,7-9,11,13-14H,6,10,12H2,1-3H3,(H,20,22)(H,21,23). The zero-order valence-corrected chi connectivity index (χ0v) is 14.5. The molecule has 0 aliphatic rings. The van der Waals surface area contributed by atoms with Gasteiger partial charge in [0.2, 0.25) is 0 Å². The normalized spacial score (nSPS) is 10.7. The summed E-state index contributed by atoms with van der Waals surface area (Å²) in [6.07, 6.45) is 2.42. The van der Waals surface area contributed by atoms with Crippen LogP contribution >= 0.6 is 0 Å². The molecule has 0 fully saturated rings. The Hall–Kier alpha value is -2.40. The van der Waals surface area contributed by atoms with Gasteiger partial charge in [-0.25, -0.2) is 0 Å². The van der Waals surface area contributed by atoms with E-state index in [0.29, 0.717) is 24.8 Å². The van der Waals surface area contributed by atoms with E-state index < -0.39 is 0 Å². The second kappa shape index (κ2) is 9.03. The second-order valence-corrected chi connectivity index (χ2v) is 5.90. The number of hydrogen-bond acceptors (Lipinski definition) is 4. The van der Waals surface area contributed by atoms with Crippen molar-refractivity contribution in [1.82, 2.24) is 10.3 Å². The lowest BCUT2D eigenvalue weighted by Crippen LogP contribution is -2.26. The van der Waals surface area contributed by atoms with Gasteiger partial charge in [0.05, 0.1) is 0 Å². The summed E-state index contributed by atoms with van der Waals surface area (Å²) in [6.45, 7) is 5.52. The molecule has 1 heterocycles. The highest BCUT2D eigenvalue weighted by Gasteiger charge is 2.09. The van der Waals surface area contributed by atoms with Crippen LogP contribution in [0.15, 0.2) is 42.6 Å². The lowest BCUT2D eigenvalue weighted by atomic mass is 10.0. The molecule has 128 valence electrons. The Kier molecular flexibility index (Phi) is 6.75. The van der Waals surface area contributed by atoms with E-state index in [1.54, 1.807) is 19.4 Å². The van der Waals surface area contributed by atoms with E-state index in [1.807, 2.05) is 24.3 Å². The minimum Gasteiger partial charge on any atom is -0.385 e. The molecule has 1 aromatic heterocycles. The molecule has 0 bridgehead atoms. The molecule has 0 spiro atoms. The Morgan fingerprint density at radius 2 is 2.04 bits per heavy atom. The van der Waals surface area contributed by atoms with Crippen LogP contribution in [0.25, 0.3) is 0 Å². The van der Waals surface area contributed by atoms with Crippen LogP contribution in [0.5, 0.6) is 0 Å². The molecule has 2 rings (SSSR count). The highest BCUT2D eigenvalue weighted by molar-refractivity contribution is 5.93. The number of carbonyl (C=O) groups excluding carboxylic acids is 1. The molecule has 0 aliphatic heterocycles. The van der Waals surface area contributed by atoms with Crippen molar-refractivity contribution in [3.8, 4) is 0 Å². The number of nitrogens with zero attached hydrogens (tertiary/aromatic N) is 1. The van der Waals surface area contributed by atoms with Crippen molar-refractivity contribution in [2.75, 3.05) is 25.6 Å². The molecular weight excluding hydrogens is 302 g/mol. The molecule has 5 heteroatoms. The monoisotopic (exact) mass is 327 g/mol. The SMILES string of the molecule is COCCCNC(=O)c1cc(Nc2ccccc2C(C)C)ccn1. The summed E-state index contributed by atoms with van der Waals surface area (Å²) in [4.78, 5) is 16.3. The summed E-state index contributed by atoms with van der Waals surface area (Å²) >= 11 is 0. The Bertz CT molecular complexity index is 671. The van der Waals surface area contributed by atoms with Crippen molar-refractivity contribution < 1.29 is 9.53 Å². The minimum atomic E-state index is -0.174. The minimum absolute atomic E-state index is 0.174. The average Bonchev–Trinajstić information content (AvgIpc) is 2.59. The highest BCUT2D eigenvalue weighted by atomic mass is 16.5. The number of hydrogen-bond donors (Lipinski definition) is 2. The molecule has 1 aromatic carbocycles. The van der Waals surface area contributed by atoms with Gasteiger partial charge in [0.1, 0.15) is 5.69 Å². The first-order chi connectivity index (χ1) is 11.6. The summed E-state index contributed by atoms with van der Waals surface area (Å²) in [6, 6.07) is 11.8. The first-order valence-corrected chi connectivity index (χ1v) is 8.21. The predicted molar refractivity (Wildman–Crippen MR) is 96.9 cm³/mol. The third-order valence-electron chi connectivity index (χ3n) is 3.67. The number of aromatic nitrogens is 1. The van der Waals surface area contributed by atoms with Crippen LogP contribution in [-0.4, -0.2) is 31.2 Å². The van der Waals surface area contributed by atoms with Gasteiger partial charge in [0, 0.05) is 37.8 Å². The van der Waals surface area contributed by atoms with Gasteiger partial charge in [0.25, 0.3) is 5.91 Å². The first-order valence-electron chi connectivity index (χ1n) is 8.21. The molecule has 24 heavy (non-hydrogen) atoms. The Morgan fingerprint density at radius 1 is 1.25 bits per heavy atom. The maximum absolute atomic E-state index is 12.1. The van der Waals surface area contributed by atoms with E-state index in [1.165, 1.54) is 5.56 Å². The van der Waals surface area contributed by atoms with Gasteiger partial charge in [-0.1, -0.05) is 32.0 Å². The number of ether oxygens (including phenoxy) is 1. The average molecular weight is 327 g/mol. The quantitative estimate of drug-likeness (QED) is 0.726. The van der Waals surface area contributed by atoms with Gasteiger partial charge in [0.15, 0.2) is 0 Å². The van der Waals surface area contributed by atoms with Crippen LogP contribution in [0.1, 0.15) is 42.2 Å². The van der Waals surface area contributed by atoms with Crippen molar-refractivity contribution in [3.05, 3.63) is 53.9 Å².